The lowest BCUT2D eigenvalue weighted by Crippen LogP contribution is -2.11. The highest BCUT2D eigenvalue weighted by Gasteiger charge is 2.14. The number of aromatic nitrogens is 1. The quantitative estimate of drug-likeness (QED) is 0.566. The minimum absolute atomic E-state index is 0.235. The molecule has 0 unspecified atom stereocenters. The van der Waals surface area contributed by atoms with Crippen molar-refractivity contribution in [2.24, 2.45) is 0 Å². The lowest BCUT2D eigenvalue weighted by atomic mass is 10.2. The zero-order valence-electron chi connectivity index (χ0n) is 15.6. The van der Waals surface area contributed by atoms with Crippen LogP contribution in [0, 0.1) is 0 Å². The lowest BCUT2D eigenvalue weighted by molar-refractivity contribution is 0.102. The molecule has 6 nitrogen and oxygen atoms in total. The maximum Gasteiger partial charge on any atom is 0.257 e. The molecule has 1 amide bonds. The van der Waals surface area contributed by atoms with Crippen molar-refractivity contribution in [2.45, 2.75) is 19.8 Å². The van der Waals surface area contributed by atoms with Crippen LogP contribution in [0.4, 0.5) is 5.13 Å². The molecule has 27 heavy (non-hydrogen) atoms. The second-order valence-electron chi connectivity index (χ2n) is 5.88. The van der Waals surface area contributed by atoms with Gasteiger partial charge in [0.2, 0.25) is 0 Å². The van der Waals surface area contributed by atoms with Crippen LogP contribution >= 0.6 is 11.3 Å². The summed E-state index contributed by atoms with van der Waals surface area (Å²) in [7, 11) is 3.18. The Bertz CT molecular complexity index is 939. The second-order valence-corrected chi connectivity index (χ2v) is 6.91. The van der Waals surface area contributed by atoms with Crippen LogP contribution in [0.25, 0.3) is 10.2 Å². The minimum Gasteiger partial charge on any atom is -0.497 e. The summed E-state index contributed by atoms with van der Waals surface area (Å²) in [5.74, 6) is 1.73. The van der Waals surface area contributed by atoms with Gasteiger partial charge in [0.1, 0.15) is 22.8 Å². The predicted molar refractivity (Wildman–Crippen MR) is 108 cm³/mol. The number of amides is 1. The molecule has 0 bridgehead atoms. The Kier molecular flexibility index (Phi) is 6.13. The monoisotopic (exact) mass is 386 g/mol. The fourth-order valence-electron chi connectivity index (χ4n) is 2.53. The van der Waals surface area contributed by atoms with E-state index in [2.05, 4.69) is 17.2 Å². The summed E-state index contributed by atoms with van der Waals surface area (Å²) in [5.41, 5.74) is 1.21. The Morgan fingerprint density at radius 1 is 1.15 bits per heavy atom. The molecule has 0 aliphatic carbocycles. The first-order valence-electron chi connectivity index (χ1n) is 8.71. The van der Waals surface area contributed by atoms with Crippen LogP contribution in [0.2, 0.25) is 0 Å². The van der Waals surface area contributed by atoms with Crippen molar-refractivity contribution in [1.82, 2.24) is 4.98 Å². The average Bonchev–Trinajstić information content (AvgIpc) is 3.09. The molecule has 0 aliphatic rings. The topological polar surface area (TPSA) is 69.7 Å². The van der Waals surface area contributed by atoms with Crippen molar-refractivity contribution in [2.75, 3.05) is 26.1 Å². The molecule has 142 valence electrons. The fraction of sp³-hybridized carbons (Fsp3) is 0.300. The molecule has 0 saturated heterocycles. The summed E-state index contributed by atoms with van der Waals surface area (Å²) in [5, 5.41) is 3.35. The zero-order valence-corrected chi connectivity index (χ0v) is 16.4. The highest BCUT2D eigenvalue weighted by molar-refractivity contribution is 7.22. The van der Waals surface area contributed by atoms with Gasteiger partial charge in [-0.3, -0.25) is 10.1 Å². The Morgan fingerprint density at radius 3 is 2.74 bits per heavy atom. The number of hydrogen-bond acceptors (Lipinski definition) is 6. The number of thiazole rings is 1. The first-order chi connectivity index (χ1) is 13.1. The van der Waals surface area contributed by atoms with Gasteiger partial charge < -0.3 is 14.2 Å². The maximum absolute atomic E-state index is 12.6. The number of hydrogen-bond donors (Lipinski definition) is 1. The molecule has 1 aromatic heterocycles. The molecule has 0 atom stereocenters. The van der Waals surface area contributed by atoms with Crippen LogP contribution in [-0.2, 0) is 0 Å². The van der Waals surface area contributed by atoms with Gasteiger partial charge in [-0.15, -0.1) is 0 Å². The number of ether oxygens (including phenoxy) is 3. The van der Waals surface area contributed by atoms with Gasteiger partial charge in [-0.1, -0.05) is 30.7 Å². The van der Waals surface area contributed by atoms with E-state index < -0.39 is 0 Å². The average molecular weight is 386 g/mol. The largest absolute Gasteiger partial charge is 0.497 e. The van der Waals surface area contributed by atoms with Crippen molar-refractivity contribution >= 4 is 32.6 Å². The molecule has 0 fully saturated rings. The van der Waals surface area contributed by atoms with Crippen molar-refractivity contribution in [1.29, 1.82) is 0 Å². The number of methoxy groups -OCH3 is 2. The Morgan fingerprint density at radius 2 is 2.00 bits per heavy atom. The molecular weight excluding hydrogens is 364 g/mol. The van der Waals surface area contributed by atoms with Crippen LogP contribution < -0.4 is 19.5 Å². The van der Waals surface area contributed by atoms with E-state index in [4.69, 9.17) is 14.2 Å². The summed E-state index contributed by atoms with van der Waals surface area (Å²) in [4.78, 5) is 17.1. The van der Waals surface area contributed by atoms with Crippen molar-refractivity contribution in [3.05, 3.63) is 42.0 Å². The minimum atomic E-state index is -0.235. The van der Waals surface area contributed by atoms with Gasteiger partial charge in [0.25, 0.3) is 5.91 Å². The number of anilines is 1. The zero-order chi connectivity index (χ0) is 19.2. The molecule has 0 spiro atoms. The lowest BCUT2D eigenvalue weighted by Gasteiger charge is -2.07. The fourth-order valence-corrected chi connectivity index (χ4v) is 3.44. The van der Waals surface area contributed by atoms with E-state index in [-0.39, 0.29) is 5.91 Å². The van der Waals surface area contributed by atoms with Gasteiger partial charge in [-0.05, 0) is 30.7 Å². The van der Waals surface area contributed by atoms with Gasteiger partial charge in [0.05, 0.1) is 25.5 Å². The summed E-state index contributed by atoms with van der Waals surface area (Å²) in [6.45, 7) is 2.75. The first kappa shape index (κ1) is 19.0. The Hall–Kier alpha value is -2.80. The summed E-state index contributed by atoms with van der Waals surface area (Å²) >= 11 is 1.37. The van der Waals surface area contributed by atoms with Gasteiger partial charge in [0.15, 0.2) is 5.13 Å². The SMILES string of the molecule is CCCCOc1cccc(C(=O)Nc2nc3c(OC)cc(OC)cc3s2)c1. The standard InChI is InChI=1S/C20H22N2O4S/c1-4-5-9-26-14-8-6-7-13(10-14)19(23)22-20-21-18-16(25-3)11-15(24-2)12-17(18)27-20/h6-8,10-12H,4-5,9H2,1-3H3,(H,21,22,23). The molecular formula is C20H22N2O4S. The van der Waals surface area contributed by atoms with Crippen LogP contribution in [0.5, 0.6) is 17.2 Å². The highest BCUT2D eigenvalue weighted by Crippen LogP contribution is 2.36. The van der Waals surface area contributed by atoms with E-state index in [1.54, 1.807) is 32.4 Å². The third-order valence-electron chi connectivity index (χ3n) is 3.97. The van der Waals surface area contributed by atoms with Crippen LogP contribution in [0.3, 0.4) is 0 Å². The molecule has 0 aliphatic heterocycles. The predicted octanol–water partition coefficient (Wildman–Crippen LogP) is 4.74. The number of fused-ring (bicyclic) bond motifs is 1. The second kappa shape index (κ2) is 8.73. The van der Waals surface area contributed by atoms with Crippen LogP contribution in [0.1, 0.15) is 30.1 Å². The molecule has 2 aromatic carbocycles. The number of rotatable bonds is 8. The van der Waals surface area contributed by atoms with E-state index in [0.717, 1.165) is 17.5 Å². The molecule has 1 heterocycles. The summed E-state index contributed by atoms with van der Waals surface area (Å²) in [6, 6.07) is 10.8. The van der Waals surface area contributed by atoms with Gasteiger partial charge in [0, 0.05) is 11.6 Å². The van der Waals surface area contributed by atoms with Crippen molar-refractivity contribution < 1.29 is 19.0 Å². The Balaban J connectivity index is 1.78. The van der Waals surface area contributed by atoms with Gasteiger partial charge in [-0.25, -0.2) is 4.98 Å². The van der Waals surface area contributed by atoms with E-state index in [0.29, 0.717) is 40.1 Å². The third kappa shape index (κ3) is 4.49. The van der Waals surface area contributed by atoms with E-state index >= 15 is 0 Å². The van der Waals surface area contributed by atoms with Crippen molar-refractivity contribution in [3.8, 4) is 17.2 Å². The highest BCUT2D eigenvalue weighted by atomic mass is 32.1. The van der Waals surface area contributed by atoms with E-state index in [1.807, 2.05) is 18.2 Å². The molecule has 7 heteroatoms. The smallest absolute Gasteiger partial charge is 0.257 e. The van der Waals surface area contributed by atoms with Gasteiger partial charge in [-0.2, -0.15) is 0 Å². The van der Waals surface area contributed by atoms with Gasteiger partial charge >= 0.3 is 0 Å². The molecule has 0 radical (unpaired) electrons. The number of unbranched alkanes of at least 4 members (excludes halogenated alkanes) is 1. The summed E-state index contributed by atoms with van der Waals surface area (Å²) < 4.78 is 17.2. The number of benzene rings is 2. The third-order valence-corrected chi connectivity index (χ3v) is 4.89. The van der Waals surface area contributed by atoms with E-state index in [1.165, 1.54) is 11.3 Å². The number of nitrogens with one attached hydrogen (secondary N) is 1. The van der Waals surface area contributed by atoms with Crippen molar-refractivity contribution in [3.63, 3.8) is 0 Å². The van der Waals surface area contributed by atoms with E-state index in [9.17, 15) is 4.79 Å². The van der Waals surface area contributed by atoms with Crippen LogP contribution in [0.15, 0.2) is 36.4 Å². The Labute approximate surface area is 162 Å². The molecule has 1 N–H and O–H groups in total. The first-order valence-corrected chi connectivity index (χ1v) is 9.53. The molecule has 3 aromatic rings. The summed E-state index contributed by atoms with van der Waals surface area (Å²) in [6.07, 6.45) is 2.04. The molecule has 3 rings (SSSR count). The van der Waals surface area contributed by atoms with Crippen LogP contribution in [-0.4, -0.2) is 31.7 Å². The maximum atomic E-state index is 12.6. The number of carbonyl (C=O) groups excluding carboxylic acids is 1. The normalized spacial score (nSPS) is 10.6. The number of carbonyl (C=O) groups is 1. The number of nitrogens with zero attached hydrogens (tertiary/aromatic N) is 1. The molecule has 0 saturated carbocycles.